The molecule has 0 bridgehead atoms. The minimum absolute atomic E-state index is 0.344. The van der Waals surface area contributed by atoms with Gasteiger partial charge in [-0.1, -0.05) is 10.6 Å². The van der Waals surface area contributed by atoms with Crippen molar-refractivity contribution >= 4 is 11.5 Å². The lowest BCUT2D eigenvalue weighted by Crippen LogP contribution is -2.14. The Balaban J connectivity index is 2.12. The molecule has 1 unspecified atom stereocenters. The van der Waals surface area contributed by atoms with Crippen LogP contribution in [-0.2, 0) is 6.42 Å². The van der Waals surface area contributed by atoms with Gasteiger partial charge >= 0.3 is 0 Å². The van der Waals surface area contributed by atoms with Gasteiger partial charge in [0.15, 0.2) is 11.6 Å². The largest absolute Gasteiger partial charge is 0.322 e. The third kappa shape index (κ3) is 2.40. The Morgan fingerprint density at radius 3 is 2.75 bits per heavy atom. The van der Waals surface area contributed by atoms with Gasteiger partial charge in [-0.2, -0.15) is 0 Å². The number of benzene rings is 1. The smallest absolute Gasteiger partial charge is 0.159 e. The maximum absolute atomic E-state index is 12.9. The Hall–Kier alpha value is -1.40. The molecule has 0 spiro atoms. The van der Waals surface area contributed by atoms with Crippen molar-refractivity contribution in [3.05, 3.63) is 46.5 Å². The van der Waals surface area contributed by atoms with E-state index in [2.05, 4.69) is 9.59 Å². The molecule has 2 N–H and O–H groups in total. The zero-order valence-electron chi connectivity index (χ0n) is 8.23. The topological polar surface area (TPSA) is 51.8 Å². The Morgan fingerprint density at radius 1 is 1.31 bits per heavy atom. The summed E-state index contributed by atoms with van der Waals surface area (Å²) in [6.45, 7) is 0. The molecule has 0 radical (unpaired) electrons. The average Bonchev–Trinajstić information content (AvgIpc) is 2.77. The molecule has 1 aromatic carbocycles. The average molecular weight is 241 g/mol. The molecule has 0 saturated heterocycles. The summed E-state index contributed by atoms with van der Waals surface area (Å²) in [5.41, 5.74) is 7.15. The molecular weight excluding hydrogens is 232 g/mol. The Kier molecular flexibility index (Phi) is 3.21. The van der Waals surface area contributed by atoms with Crippen molar-refractivity contribution in [2.24, 2.45) is 5.73 Å². The van der Waals surface area contributed by atoms with Crippen molar-refractivity contribution in [1.29, 1.82) is 0 Å². The number of aromatic nitrogens is 2. The summed E-state index contributed by atoms with van der Waals surface area (Å²) in [6, 6.07) is 3.41. The molecule has 1 heterocycles. The van der Waals surface area contributed by atoms with Gasteiger partial charge in [-0.25, -0.2) is 8.78 Å². The summed E-state index contributed by atoms with van der Waals surface area (Å²) in [6.07, 6.45) is 0.405. The van der Waals surface area contributed by atoms with Gasteiger partial charge in [0, 0.05) is 5.38 Å². The number of hydrogen-bond donors (Lipinski definition) is 1. The van der Waals surface area contributed by atoms with Crippen LogP contribution in [0.5, 0.6) is 0 Å². The fourth-order valence-electron chi connectivity index (χ4n) is 1.36. The number of nitrogens with zero attached hydrogens (tertiary/aromatic N) is 2. The first kappa shape index (κ1) is 11.1. The highest BCUT2D eigenvalue weighted by Gasteiger charge is 2.11. The molecule has 0 aliphatic carbocycles. The lowest BCUT2D eigenvalue weighted by atomic mass is 10.0. The van der Waals surface area contributed by atoms with E-state index >= 15 is 0 Å². The number of hydrogen-bond acceptors (Lipinski definition) is 4. The fourth-order valence-corrected chi connectivity index (χ4v) is 1.88. The van der Waals surface area contributed by atoms with E-state index in [0.29, 0.717) is 17.7 Å². The standard InChI is InChI=1S/C10H9F2N3S/c11-7-2-1-6(3-8(7)12)4-9(13)10-5-16-15-14-10/h1-3,5,9H,4,13H2. The van der Waals surface area contributed by atoms with E-state index in [4.69, 9.17) is 5.73 Å². The van der Waals surface area contributed by atoms with E-state index in [1.54, 1.807) is 5.38 Å². The van der Waals surface area contributed by atoms with Crippen molar-refractivity contribution in [1.82, 2.24) is 9.59 Å². The molecule has 3 nitrogen and oxygen atoms in total. The molecule has 0 saturated carbocycles. The Labute approximate surface area is 95.1 Å². The highest BCUT2D eigenvalue weighted by atomic mass is 32.1. The molecule has 1 aromatic heterocycles. The van der Waals surface area contributed by atoms with Crippen LogP contribution in [0.25, 0.3) is 0 Å². The highest BCUT2D eigenvalue weighted by Crippen LogP contribution is 2.16. The van der Waals surface area contributed by atoms with E-state index in [-0.39, 0.29) is 6.04 Å². The van der Waals surface area contributed by atoms with E-state index < -0.39 is 11.6 Å². The first-order valence-corrected chi connectivity index (χ1v) is 5.47. The summed E-state index contributed by atoms with van der Waals surface area (Å²) in [4.78, 5) is 0. The molecule has 0 amide bonds. The van der Waals surface area contributed by atoms with E-state index in [0.717, 1.165) is 12.1 Å². The van der Waals surface area contributed by atoms with Crippen molar-refractivity contribution < 1.29 is 8.78 Å². The van der Waals surface area contributed by atoms with Gasteiger partial charge in [0.2, 0.25) is 0 Å². The van der Waals surface area contributed by atoms with E-state index in [1.165, 1.54) is 17.6 Å². The highest BCUT2D eigenvalue weighted by molar-refractivity contribution is 7.03. The second kappa shape index (κ2) is 4.63. The van der Waals surface area contributed by atoms with Crippen LogP contribution in [0.1, 0.15) is 17.3 Å². The normalized spacial score (nSPS) is 12.7. The molecule has 0 aliphatic rings. The molecule has 84 valence electrons. The number of rotatable bonds is 3. The SMILES string of the molecule is NC(Cc1ccc(F)c(F)c1)c1csnn1. The summed E-state index contributed by atoms with van der Waals surface area (Å²) < 4.78 is 29.3. The van der Waals surface area contributed by atoms with Crippen LogP contribution in [0, 0.1) is 11.6 Å². The minimum Gasteiger partial charge on any atom is -0.322 e. The Bertz CT molecular complexity index is 473. The second-order valence-electron chi connectivity index (χ2n) is 3.39. The summed E-state index contributed by atoms with van der Waals surface area (Å²) in [5.74, 6) is -1.71. The molecule has 16 heavy (non-hydrogen) atoms. The fraction of sp³-hybridized carbons (Fsp3) is 0.200. The molecule has 0 fully saturated rings. The van der Waals surface area contributed by atoms with Crippen LogP contribution in [-0.4, -0.2) is 9.59 Å². The molecule has 1 atom stereocenters. The van der Waals surface area contributed by atoms with Crippen LogP contribution in [0.15, 0.2) is 23.6 Å². The number of nitrogens with two attached hydrogens (primary N) is 1. The molecule has 2 aromatic rings. The van der Waals surface area contributed by atoms with Crippen molar-refractivity contribution in [3.8, 4) is 0 Å². The first-order chi connectivity index (χ1) is 7.66. The predicted octanol–water partition coefficient (Wildman–Crippen LogP) is 2.06. The van der Waals surface area contributed by atoms with Crippen LogP contribution < -0.4 is 5.73 Å². The maximum Gasteiger partial charge on any atom is 0.159 e. The monoisotopic (exact) mass is 241 g/mol. The van der Waals surface area contributed by atoms with E-state index in [9.17, 15) is 8.78 Å². The predicted molar refractivity (Wildman–Crippen MR) is 56.9 cm³/mol. The van der Waals surface area contributed by atoms with Gasteiger partial charge in [-0.15, -0.1) is 5.10 Å². The van der Waals surface area contributed by atoms with Gasteiger partial charge in [0.05, 0.1) is 11.7 Å². The van der Waals surface area contributed by atoms with Gasteiger partial charge < -0.3 is 5.73 Å². The zero-order chi connectivity index (χ0) is 11.5. The molecule has 2 rings (SSSR count). The minimum atomic E-state index is -0.860. The second-order valence-corrected chi connectivity index (χ2v) is 4.00. The van der Waals surface area contributed by atoms with Gasteiger partial charge in [-0.3, -0.25) is 0 Å². The quantitative estimate of drug-likeness (QED) is 0.894. The molecule has 6 heteroatoms. The third-order valence-electron chi connectivity index (χ3n) is 2.20. The van der Waals surface area contributed by atoms with Crippen molar-refractivity contribution in [2.45, 2.75) is 12.5 Å². The van der Waals surface area contributed by atoms with Crippen molar-refractivity contribution in [3.63, 3.8) is 0 Å². The summed E-state index contributed by atoms with van der Waals surface area (Å²) in [7, 11) is 0. The summed E-state index contributed by atoms with van der Waals surface area (Å²) >= 11 is 1.21. The summed E-state index contributed by atoms with van der Waals surface area (Å²) in [5, 5.41) is 5.57. The van der Waals surface area contributed by atoms with Crippen LogP contribution in [0.3, 0.4) is 0 Å². The van der Waals surface area contributed by atoms with Crippen LogP contribution in [0.2, 0.25) is 0 Å². The van der Waals surface area contributed by atoms with Crippen molar-refractivity contribution in [2.75, 3.05) is 0 Å². The lowest BCUT2D eigenvalue weighted by Gasteiger charge is -2.08. The van der Waals surface area contributed by atoms with Gasteiger partial charge in [0.1, 0.15) is 0 Å². The third-order valence-corrected chi connectivity index (χ3v) is 2.72. The van der Waals surface area contributed by atoms with E-state index in [1.807, 2.05) is 0 Å². The first-order valence-electron chi connectivity index (χ1n) is 4.63. The lowest BCUT2D eigenvalue weighted by molar-refractivity contribution is 0.506. The maximum atomic E-state index is 12.9. The zero-order valence-corrected chi connectivity index (χ0v) is 9.05. The van der Waals surface area contributed by atoms with Crippen LogP contribution >= 0.6 is 11.5 Å². The Morgan fingerprint density at radius 2 is 2.12 bits per heavy atom. The van der Waals surface area contributed by atoms with Gasteiger partial charge in [0.25, 0.3) is 0 Å². The number of halogens is 2. The van der Waals surface area contributed by atoms with Crippen LogP contribution in [0.4, 0.5) is 8.78 Å². The van der Waals surface area contributed by atoms with Gasteiger partial charge in [-0.05, 0) is 35.6 Å². The molecule has 0 aliphatic heterocycles. The molecular formula is C10H9F2N3S.